The van der Waals surface area contributed by atoms with Crippen molar-refractivity contribution in [3.8, 4) is 0 Å². The highest BCUT2D eigenvalue weighted by atomic mass is 32.2. The van der Waals surface area contributed by atoms with Gasteiger partial charge in [0.2, 0.25) is 10.0 Å². The molecule has 0 amide bonds. The summed E-state index contributed by atoms with van der Waals surface area (Å²) >= 11 is 0. The number of rotatable bonds is 7. The number of ketones is 1. The third-order valence-corrected chi connectivity index (χ3v) is 5.03. The van der Waals surface area contributed by atoms with Crippen LogP contribution >= 0.6 is 0 Å². The van der Waals surface area contributed by atoms with Crippen molar-refractivity contribution >= 4 is 15.8 Å². The summed E-state index contributed by atoms with van der Waals surface area (Å²) in [5, 5.41) is 0. The Bertz CT molecular complexity index is 594. The molecule has 2 rings (SSSR count). The van der Waals surface area contributed by atoms with Crippen LogP contribution in [-0.4, -0.2) is 26.8 Å². The van der Waals surface area contributed by atoms with E-state index in [9.17, 15) is 13.2 Å². The first kappa shape index (κ1) is 15.2. The van der Waals surface area contributed by atoms with Crippen LogP contribution < -0.4 is 10.5 Å². The molecule has 5 nitrogen and oxygen atoms in total. The van der Waals surface area contributed by atoms with Crippen LogP contribution in [-0.2, 0) is 10.0 Å². The first-order valence-electron chi connectivity index (χ1n) is 6.83. The molecule has 1 aromatic carbocycles. The van der Waals surface area contributed by atoms with Gasteiger partial charge in [-0.15, -0.1) is 0 Å². The number of sulfonamides is 1. The summed E-state index contributed by atoms with van der Waals surface area (Å²) in [6, 6.07) is 5.92. The highest BCUT2D eigenvalue weighted by Crippen LogP contribution is 2.32. The lowest BCUT2D eigenvalue weighted by Gasteiger charge is -2.16. The summed E-state index contributed by atoms with van der Waals surface area (Å²) in [6.45, 7) is 2.04. The van der Waals surface area contributed by atoms with Gasteiger partial charge in [0.15, 0.2) is 5.78 Å². The molecule has 1 aliphatic carbocycles. The van der Waals surface area contributed by atoms with Crippen LogP contribution in [0.25, 0.3) is 0 Å². The Labute approximate surface area is 119 Å². The molecule has 0 heterocycles. The number of hydrogen-bond acceptors (Lipinski definition) is 4. The van der Waals surface area contributed by atoms with Crippen LogP contribution in [0.15, 0.2) is 29.2 Å². The summed E-state index contributed by atoms with van der Waals surface area (Å²) in [7, 11) is -3.62. The van der Waals surface area contributed by atoms with Crippen molar-refractivity contribution in [1.82, 2.24) is 4.72 Å². The lowest BCUT2D eigenvalue weighted by Crippen LogP contribution is -2.41. The normalized spacial score (nSPS) is 16.9. The number of hydrogen-bond donors (Lipinski definition) is 2. The molecular weight excluding hydrogens is 276 g/mol. The summed E-state index contributed by atoms with van der Waals surface area (Å²) < 4.78 is 27.3. The van der Waals surface area contributed by atoms with Crippen molar-refractivity contribution in [3.63, 3.8) is 0 Å². The van der Waals surface area contributed by atoms with Gasteiger partial charge in [-0.2, -0.15) is 0 Å². The van der Waals surface area contributed by atoms with Gasteiger partial charge in [-0.1, -0.05) is 19.1 Å². The predicted octanol–water partition coefficient (Wildman–Crippen LogP) is 1.29. The number of benzene rings is 1. The van der Waals surface area contributed by atoms with E-state index in [0.717, 1.165) is 12.8 Å². The fourth-order valence-corrected chi connectivity index (χ4v) is 3.51. The molecule has 1 saturated carbocycles. The van der Waals surface area contributed by atoms with E-state index >= 15 is 0 Å². The molecule has 1 fully saturated rings. The SMILES string of the molecule is CCC(=O)c1cccc(S(=O)(=O)N[C@H](CN)C2CC2)c1. The Hall–Kier alpha value is -1.24. The van der Waals surface area contributed by atoms with Crippen molar-refractivity contribution in [2.24, 2.45) is 11.7 Å². The first-order valence-corrected chi connectivity index (χ1v) is 8.32. The molecule has 0 radical (unpaired) electrons. The van der Waals surface area contributed by atoms with Crippen molar-refractivity contribution in [2.45, 2.75) is 37.1 Å². The van der Waals surface area contributed by atoms with Crippen molar-refractivity contribution in [1.29, 1.82) is 0 Å². The van der Waals surface area contributed by atoms with E-state index in [1.165, 1.54) is 12.1 Å². The molecule has 1 aromatic rings. The summed E-state index contributed by atoms with van der Waals surface area (Å²) in [5.74, 6) is 0.273. The monoisotopic (exact) mass is 296 g/mol. The van der Waals surface area contributed by atoms with Gasteiger partial charge in [0.25, 0.3) is 0 Å². The molecule has 1 aliphatic rings. The minimum atomic E-state index is -3.62. The summed E-state index contributed by atoms with van der Waals surface area (Å²) in [6.07, 6.45) is 2.38. The van der Waals surface area contributed by atoms with E-state index < -0.39 is 10.0 Å². The first-order chi connectivity index (χ1) is 9.47. The van der Waals surface area contributed by atoms with Gasteiger partial charge in [-0.25, -0.2) is 13.1 Å². The van der Waals surface area contributed by atoms with Gasteiger partial charge in [0, 0.05) is 24.6 Å². The van der Waals surface area contributed by atoms with Crippen molar-refractivity contribution in [3.05, 3.63) is 29.8 Å². The van der Waals surface area contributed by atoms with Crippen LogP contribution in [0.5, 0.6) is 0 Å². The molecule has 0 spiro atoms. The average Bonchev–Trinajstić information content (AvgIpc) is 3.28. The molecule has 1 atom stereocenters. The third kappa shape index (κ3) is 3.45. The second kappa shape index (κ2) is 6.03. The molecule has 0 aromatic heterocycles. The molecule has 3 N–H and O–H groups in total. The maximum Gasteiger partial charge on any atom is 0.240 e. The smallest absolute Gasteiger partial charge is 0.240 e. The molecule has 110 valence electrons. The van der Waals surface area contributed by atoms with Crippen molar-refractivity contribution in [2.75, 3.05) is 6.54 Å². The topological polar surface area (TPSA) is 89.3 Å². The van der Waals surface area contributed by atoms with Crippen LogP contribution in [0.2, 0.25) is 0 Å². The van der Waals surface area contributed by atoms with Crippen LogP contribution in [0.3, 0.4) is 0 Å². The zero-order valence-corrected chi connectivity index (χ0v) is 12.3. The fraction of sp³-hybridized carbons (Fsp3) is 0.500. The van der Waals surface area contributed by atoms with Gasteiger partial charge in [-0.3, -0.25) is 4.79 Å². The Balaban J connectivity index is 2.22. The Morgan fingerprint density at radius 2 is 2.15 bits per heavy atom. The standard InChI is InChI=1S/C14H20N2O3S/c1-2-14(17)11-4-3-5-12(8-11)20(18,19)16-13(9-15)10-6-7-10/h3-5,8,10,13,16H,2,6-7,9,15H2,1H3/t13-/m1/s1. The van der Waals surface area contributed by atoms with Crippen LogP contribution in [0.4, 0.5) is 0 Å². The van der Waals surface area contributed by atoms with Gasteiger partial charge >= 0.3 is 0 Å². The third-order valence-electron chi connectivity index (χ3n) is 3.54. The minimum absolute atomic E-state index is 0.0698. The lowest BCUT2D eigenvalue weighted by molar-refractivity contribution is 0.0988. The highest BCUT2D eigenvalue weighted by molar-refractivity contribution is 7.89. The van der Waals surface area contributed by atoms with E-state index in [-0.39, 0.29) is 23.3 Å². The van der Waals surface area contributed by atoms with E-state index in [1.807, 2.05) is 0 Å². The zero-order chi connectivity index (χ0) is 14.8. The maximum absolute atomic E-state index is 12.3. The van der Waals surface area contributed by atoms with Gasteiger partial charge in [0.05, 0.1) is 4.90 Å². The van der Waals surface area contributed by atoms with E-state index in [1.54, 1.807) is 19.1 Å². The zero-order valence-electron chi connectivity index (χ0n) is 11.5. The summed E-state index contributed by atoms with van der Waals surface area (Å²) in [5.41, 5.74) is 6.04. The fourth-order valence-electron chi connectivity index (χ4n) is 2.14. The van der Waals surface area contributed by atoms with Gasteiger partial charge in [0.1, 0.15) is 0 Å². The van der Waals surface area contributed by atoms with Gasteiger partial charge < -0.3 is 5.73 Å². The maximum atomic E-state index is 12.3. The largest absolute Gasteiger partial charge is 0.329 e. The molecule has 0 bridgehead atoms. The molecule has 20 heavy (non-hydrogen) atoms. The quantitative estimate of drug-likeness (QED) is 0.742. The minimum Gasteiger partial charge on any atom is -0.329 e. The second-order valence-electron chi connectivity index (χ2n) is 5.11. The van der Waals surface area contributed by atoms with E-state index in [2.05, 4.69) is 4.72 Å². The number of nitrogens with two attached hydrogens (primary N) is 1. The Morgan fingerprint density at radius 1 is 1.45 bits per heavy atom. The molecule has 6 heteroatoms. The Kier molecular flexibility index (Phi) is 4.57. The average molecular weight is 296 g/mol. The molecule has 0 aliphatic heterocycles. The van der Waals surface area contributed by atoms with E-state index in [0.29, 0.717) is 17.9 Å². The molecule has 0 unspecified atom stereocenters. The van der Waals surface area contributed by atoms with E-state index in [4.69, 9.17) is 5.73 Å². The van der Waals surface area contributed by atoms with Gasteiger partial charge in [-0.05, 0) is 30.9 Å². The number of Topliss-reactive ketones (excluding diaryl/α,β-unsaturated/α-hetero) is 1. The Morgan fingerprint density at radius 3 is 2.70 bits per heavy atom. The highest BCUT2D eigenvalue weighted by Gasteiger charge is 2.33. The number of carbonyl (C=O) groups is 1. The number of nitrogens with one attached hydrogen (secondary N) is 1. The van der Waals surface area contributed by atoms with Crippen LogP contribution in [0.1, 0.15) is 36.5 Å². The lowest BCUT2D eigenvalue weighted by atomic mass is 10.1. The predicted molar refractivity (Wildman–Crippen MR) is 77.0 cm³/mol. The summed E-state index contributed by atoms with van der Waals surface area (Å²) in [4.78, 5) is 11.8. The molecular formula is C14H20N2O3S. The van der Waals surface area contributed by atoms with Crippen molar-refractivity contribution < 1.29 is 13.2 Å². The van der Waals surface area contributed by atoms with Crippen LogP contribution in [0, 0.1) is 5.92 Å². The second-order valence-corrected chi connectivity index (χ2v) is 6.82. The molecule has 0 saturated heterocycles. The number of carbonyl (C=O) groups excluding carboxylic acids is 1.